The predicted octanol–water partition coefficient (Wildman–Crippen LogP) is 1.37. The summed E-state index contributed by atoms with van der Waals surface area (Å²) in [5.74, 6) is 1.07. The first kappa shape index (κ1) is 23.1. The molecule has 1 heterocycles. The highest BCUT2D eigenvalue weighted by molar-refractivity contribution is 14.0. The van der Waals surface area contributed by atoms with Gasteiger partial charge >= 0.3 is 0 Å². The minimum atomic E-state index is -0.0757. The van der Waals surface area contributed by atoms with Gasteiger partial charge in [0.25, 0.3) is 0 Å². The fourth-order valence-electron chi connectivity index (χ4n) is 2.26. The Labute approximate surface area is 162 Å². The van der Waals surface area contributed by atoms with Crippen molar-refractivity contribution in [1.82, 2.24) is 15.5 Å². The number of amides is 2. The van der Waals surface area contributed by atoms with Crippen molar-refractivity contribution in [2.75, 3.05) is 39.9 Å². The first-order chi connectivity index (χ1) is 11.0. The molecule has 140 valence electrons. The molecule has 0 saturated carbocycles. The number of hydrogen-bond donors (Lipinski definition) is 2. The van der Waals surface area contributed by atoms with Crippen molar-refractivity contribution in [3.63, 3.8) is 0 Å². The first-order valence-electron chi connectivity index (χ1n) is 8.40. The van der Waals surface area contributed by atoms with Crippen LogP contribution in [0, 0.1) is 5.92 Å². The van der Waals surface area contributed by atoms with Gasteiger partial charge in [0, 0.05) is 52.7 Å². The molecule has 0 bridgehead atoms. The smallest absolute Gasteiger partial charge is 0.229 e. The van der Waals surface area contributed by atoms with Gasteiger partial charge in [0.1, 0.15) is 0 Å². The molecule has 0 aromatic rings. The van der Waals surface area contributed by atoms with Gasteiger partial charge in [-0.25, -0.2) is 0 Å². The van der Waals surface area contributed by atoms with Crippen LogP contribution >= 0.6 is 24.0 Å². The lowest BCUT2D eigenvalue weighted by Crippen LogP contribution is -2.46. The zero-order valence-electron chi connectivity index (χ0n) is 15.0. The number of halogens is 1. The number of imide groups is 1. The SMILES string of the molecule is CN=C(NCCCOCC(C)C)NCCN1C(=O)CCCC1=O.I. The number of likely N-dealkylation sites (tertiary alicyclic amines) is 1. The molecule has 8 heteroatoms. The zero-order valence-corrected chi connectivity index (χ0v) is 17.3. The fraction of sp³-hybridized carbons (Fsp3) is 0.812. The predicted molar refractivity (Wildman–Crippen MR) is 106 cm³/mol. The highest BCUT2D eigenvalue weighted by atomic mass is 127. The molecule has 2 N–H and O–H groups in total. The second kappa shape index (κ2) is 13.4. The molecule has 2 amide bonds. The lowest BCUT2D eigenvalue weighted by Gasteiger charge is -2.25. The van der Waals surface area contributed by atoms with Gasteiger partial charge in [-0.2, -0.15) is 0 Å². The molecule has 24 heavy (non-hydrogen) atoms. The van der Waals surface area contributed by atoms with E-state index in [9.17, 15) is 9.59 Å². The molecule has 1 aliphatic rings. The second-order valence-corrected chi connectivity index (χ2v) is 6.04. The normalized spacial score (nSPS) is 15.5. The van der Waals surface area contributed by atoms with Crippen LogP contribution in [0.5, 0.6) is 0 Å². The van der Waals surface area contributed by atoms with E-state index in [4.69, 9.17) is 4.74 Å². The summed E-state index contributed by atoms with van der Waals surface area (Å²) >= 11 is 0. The summed E-state index contributed by atoms with van der Waals surface area (Å²) in [7, 11) is 1.70. The number of carbonyl (C=O) groups excluding carboxylic acids is 2. The van der Waals surface area contributed by atoms with Crippen LogP contribution < -0.4 is 10.6 Å². The molecular weight excluding hydrogens is 423 g/mol. The van der Waals surface area contributed by atoms with Gasteiger partial charge in [-0.15, -0.1) is 24.0 Å². The minimum Gasteiger partial charge on any atom is -0.381 e. The third kappa shape index (κ3) is 9.41. The van der Waals surface area contributed by atoms with Crippen molar-refractivity contribution in [3.8, 4) is 0 Å². The van der Waals surface area contributed by atoms with E-state index >= 15 is 0 Å². The van der Waals surface area contributed by atoms with Crippen LogP contribution in [0.3, 0.4) is 0 Å². The summed E-state index contributed by atoms with van der Waals surface area (Å²) in [4.78, 5) is 28.8. The first-order valence-corrected chi connectivity index (χ1v) is 8.40. The average molecular weight is 454 g/mol. The van der Waals surface area contributed by atoms with Crippen LogP contribution in [0.1, 0.15) is 39.5 Å². The molecule has 1 rings (SSSR count). The van der Waals surface area contributed by atoms with Gasteiger partial charge in [0.15, 0.2) is 5.96 Å². The number of guanidine groups is 1. The average Bonchev–Trinajstić information content (AvgIpc) is 2.51. The highest BCUT2D eigenvalue weighted by Crippen LogP contribution is 2.11. The molecule has 1 fully saturated rings. The van der Waals surface area contributed by atoms with E-state index in [2.05, 4.69) is 29.5 Å². The maximum atomic E-state index is 11.7. The van der Waals surface area contributed by atoms with Gasteiger partial charge in [0.2, 0.25) is 11.8 Å². The molecule has 1 saturated heterocycles. The van der Waals surface area contributed by atoms with E-state index in [1.54, 1.807) is 7.05 Å². The Bertz CT molecular complexity index is 400. The lowest BCUT2D eigenvalue weighted by molar-refractivity contribution is -0.147. The Balaban J connectivity index is 0.00000529. The highest BCUT2D eigenvalue weighted by Gasteiger charge is 2.25. The van der Waals surface area contributed by atoms with Gasteiger partial charge in [-0.3, -0.25) is 19.5 Å². The number of nitrogens with one attached hydrogen (secondary N) is 2. The molecule has 0 atom stereocenters. The minimum absolute atomic E-state index is 0. The number of nitrogens with zero attached hydrogens (tertiary/aromatic N) is 2. The standard InChI is InChI=1S/C16H30N4O3.HI/c1-13(2)12-23-11-5-8-18-16(17-3)19-9-10-20-14(21)6-4-7-15(20)22;/h13H,4-12H2,1-3H3,(H2,17,18,19);1H. The number of rotatable bonds is 9. The van der Waals surface area contributed by atoms with Crippen LogP contribution in [0.2, 0.25) is 0 Å². The van der Waals surface area contributed by atoms with Gasteiger partial charge in [-0.1, -0.05) is 13.8 Å². The largest absolute Gasteiger partial charge is 0.381 e. The summed E-state index contributed by atoms with van der Waals surface area (Å²) in [6, 6.07) is 0. The number of hydrogen-bond acceptors (Lipinski definition) is 4. The third-order valence-electron chi connectivity index (χ3n) is 3.44. The Hall–Kier alpha value is -0.900. The molecule has 0 aromatic carbocycles. The van der Waals surface area contributed by atoms with E-state index in [0.29, 0.717) is 44.2 Å². The molecule has 0 spiro atoms. The van der Waals surface area contributed by atoms with Gasteiger partial charge in [-0.05, 0) is 18.8 Å². The maximum Gasteiger partial charge on any atom is 0.229 e. The van der Waals surface area contributed by atoms with Gasteiger partial charge < -0.3 is 15.4 Å². The zero-order chi connectivity index (χ0) is 17.1. The number of aliphatic imine (C=N–C) groups is 1. The summed E-state index contributed by atoms with van der Waals surface area (Å²) in [5.41, 5.74) is 0. The molecule has 0 unspecified atom stereocenters. The van der Waals surface area contributed by atoms with Crippen LogP contribution in [0.25, 0.3) is 0 Å². The summed E-state index contributed by atoms with van der Waals surface area (Å²) in [6.45, 7) is 7.41. The number of ether oxygens (including phenoxy) is 1. The van der Waals surface area contributed by atoms with E-state index in [0.717, 1.165) is 26.2 Å². The Kier molecular flexibility index (Phi) is 12.9. The molecule has 7 nitrogen and oxygen atoms in total. The summed E-state index contributed by atoms with van der Waals surface area (Å²) in [6.07, 6.45) is 2.50. The molecule has 0 aromatic heterocycles. The number of piperidine rings is 1. The van der Waals surface area contributed by atoms with Crippen molar-refractivity contribution >= 4 is 41.8 Å². The van der Waals surface area contributed by atoms with E-state index < -0.39 is 0 Å². The molecule has 1 aliphatic heterocycles. The lowest BCUT2D eigenvalue weighted by atomic mass is 10.1. The Morgan fingerprint density at radius 1 is 1.21 bits per heavy atom. The Morgan fingerprint density at radius 3 is 2.42 bits per heavy atom. The van der Waals surface area contributed by atoms with Crippen molar-refractivity contribution in [1.29, 1.82) is 0 Å². The van der Waals surface area contributed by atoms with Crippen LogP contribution in [-0.2, 0) is 14.3 Å². The molecule has 0 radical (unpaired) electrons. The van der Waals surface area contributed by atoms with Crippen molar-refractivity contribution < 1.29 is 14.3 Å². The van der Waals surface area contributed by atoms with E-state index in [-0.39, 0.29) is 35.8 Å². The Morgan fingerprint density at radius 2 is 1.83 bits per heavy atom. The molecule has 0 aliphatic carbocycles. The summed E-state index contributed by atoms with van der Waals surface area (Å²) < 4.78 is 5.51. The van der Waals surface area contributed by atoms with Crippen molar-refractivity contribution in [3.05, 3.63) is 0 Å². The maximum absolute atomic E-state index is 11.7. The third-order valence-corrected chi connectivity index (χ3v) is 3.44. The summed E-state index contributed by atoms with van der Waals surface area (Å²) in [5, 5.41) is 6.31. The van der Waals surface area contributed by atoms with Crippen LogP contribution in [-0.4, -0.2) is 62.6 Å². The monoisotopic (exact) mass is 454 g/mol. The molecular formula is C16H31IN4O3. The van der Waals surface area contributed by atoms with Crippen molar-refractivity contribution in [2.24, 2.45) is 10.9 Å². The quantitative estimate of drug-likeness (QED) is 0.181. The van der Waals surface area contributed by atoms with Crippen molar-refractivity contribution in [2.45, 2.75) is 39.5 Å². The van der Waals surface area contributed by atoms with Gasteiger partial charge in [0.05, 0.1) is 0 Å². The fourth-order valence-corrected chi connectivity index (χ4v) is 2.26. The van der Waals surface area contributed by atoms with Crippen LogP contribution in [0.4, 0.5) is 0 Å². The second-order valence-electron chi connectivity index (χ2n) is 6.04. The van der Waals surface area contributed by atoms with E-state index in [1.165, 1.54) is 4.90 Å². The topological polar surface area (TPSA) is 83.0 Å². The number of carbonyl (C=O) groups is 2. The van der Waals surface area contributed by atoms with E-state index in [1.807, 2.05) is 0 Å². The van der Waals surface area contributed by atoms with Crippen LogP contribution in [0.15, 0.2) is 4.99 Å².